The quantitative estimate of drug-likeness (QED) is 0.654. The molecule has 0 amide bonds. The highest BCUT2D eigenvalue weighted by atomic mass is 15.1. The Morgan fingerprint density at radius 2 is 2.18 bits per heavy atom. The lowest BCUT2D eigenvalue weighted by molar-refractivity contribution is 0.347. The van der Waals surface area contributed by atoms with E-state index in [0.717, 1.165) is 12.0 Å². The molecule has 2 atom stereocenters. The van der Waals surface area contributed by atoms with Gasteiger partial charge in [-0.15, -0.1) is 0 Å². The Labute approximate surface area is 70.0 Å². The lowest BCUT2D eigenvalue weighted by Crippen LogP contribution is -2.29. The van der Waals surface area contributed by atoms with Crippen molar-refractivity contribution in [1.29, 1.82) is 0 Å². The first kappa shape index (κ1) is 9.01. The Bertz CT molecular complexity index is 112. The van der Waals surface area contributed by atoms with Crippen LogP contribution < -0.4 is 5.32 Å². The molecule has 0 aromatic carbocycles. The van der Waals surface area contributed by atoms with Crippen molar-refractivity contribution >= 4 is 0 Å². The molecule has 1 fully saturated rings. The van der Waals surface area contributed by atoms with Gasteiger partial charge < -0.3 is 10.2 Å². The van der Waals surface area contributed by atoms with E-state index in [0.29, 0.717) is 0 Å². The fourth-order valence-corrected chi connectivity index (χ4v) is 1.68. The molecule has 0 radical (unpaired) electrons. The highest BCUT2D eigenvalue weighted by Crippen LogP contribution is 2.16. The second-order valence-electron chi connectivity index (χ2n) is 3.92. The lowest BCUT2D eigenvalue weighted by atomic mass is 10.0. The summed E-state index contributed by atoms with van der Waals surface area (Å²) in [6, 6.07) is 0.775. The molecule has 0 saturated carbocycles. The average Bonchev–Trinajstić information content (AvgIpc) is 2.31. The van der Waals surface area contributed by atoms with Gasteiger partial charge in [-0.1, -0.05) is 6.92 Å². The summed E-state index contributed by atoms with van der Waals surface area (Å²) in [5, 5.41) is 3.54. The maximum Gasteiger partial charge on any atom is 0.0105 e. The minimum atomic E-state index is 0.775. The van der Waals surface area contributed by atoms with Crippen molar-refractivity contribution in [3.05, 3.63) is 0 Å². The summed E-state index contributed by atoms with van der Waals surface area (Å²) in [4.78, 5) is 2.26. The molecule has 0 aromatic rings. The van der Waals surface area contributed by atoms with Crippen LogP contribution in [-0.4, -0.2) is 38.1 Å². The van der Waals surface area contributed by atoms with Gasteiger partial charge in [0.15, 0.2) is 0 Å². The summed E-state index contributed by atoms with van der Waals surface area (Å²) in [5.41, 5.74) is 0. The van der Waals surface area contributed by atoms with Crippen molar-refractivity contribution in [3.63, 3.8) is 0 Å². The number of hydrogen-bond donors (Lipinski definition) is 1. The molecule has 0 aliphatic carbocycles. The van der Waals surface area contributed by atoms with Crippen LogP contribution in [0.25, 0.3) is 0 Å². The summed E-state index contributed by atoms with van der Waals surface area (Å²) < 4.78 is 0. The van der Waals surface area contributed by atoms with Crippen LogP contribution in [0.3, 0.4) is 0 Å². The van der Waals surface area contributed by atoms with E-state index < -0.39 is 0 Å². The summed E-state index contributed by atoms with van der Waals surface area (Å²) in [7, 11) is 4.28. The highest BCUT2D eigenvalue weighted by molar-refractivity contribution is 4.80. The van der Waals surface area contributed by atoms with Gasteiger partial charge in [0.25, 0.3) is 0 Å². The molecular formula is C9H20N2. The minimum absolute atomic E-state index is 0.775. The molecule has 66 valence electrons. The first-order chi connectivity index (χ1) is 5.20. The van der Waals surface area contributed by atoms with E-state index in [2.05, 4.69) is 31.2 Å². The second kappa shape index (κ2) is 4.07. The van der Waals surface area contributed by atoms with Crippen LogP contribution in [0, 0.1) is 5.92 Å². The number of nitrogens with zero attached hydrogens (tertiary/aromatic N) is 1. The monoisotopic (exact) mass is 156 g/mol. The van der Waals surface area contributed by atoms with Gasteiger partial charge in [-0.25, -0.2) is 0 Å². The summed E-state index contributed by atoms with van der Waals surface area (Å²) in [6.07, 6.45) is 2.66. The zero-order valence-corrected chi connectivity index (χ0v) is 7.93. The van der Waals surface area contributed by atoms with Crippen LogP contribution >= 0.6 is 0 Å². The van der Waals surface area contributed by atoms with Crippen LogP contribution in [0.2, 0.25) is 0 Å². The van der Waals surface area contributed by atoms with Gasteiger partial charge in [0, 0.05) is 6.04 Å². The van der Waals surface area contributed by atoms with Crippen LogP contribution in [0.4, 0.5) is 0 Å². The summed E-state index contributed by atoms with van der Waals surface area (Å²) in [6.45, 7) is 4.78. The Kier molecular flexibility index (Phi) is 3.34. The van der Waals surface area contributed by atoms with E-state index in [1.807, 2.05) is 0 Å². The van der Waals surface area contributed by atoms with Crippen molar-refractivity contribution < 1.29 is 0 Å². The van der Waals surface area contributed by atoms with E-state index in [4.69, 9.17) is 0 Å². The van der Waals surface area contributed by atoms with Gasteiger partial charge in [-0.2, -0.15) is 0 Å². The number of nitrogens with one attached hydrogen (secondary N) is 1. The molecular weight excluding hydrogens is 136 g/mol. The van der Waals surface area contributed by atoms with E-state index in [-0.39, 0.29) is 0 Å². The van der Waals surface area contributed by atoms with Gasteiger partial charge in [0.1, 0.15) is 0 Å². The number of hydrogen-bond acceptors (Lipinski definition) is 2. The SMILES string of the molecule is C[C@H]1CCN[C@@H]1CCN(C)C. The van der Waals surface area contributed by atoms with Crippen molar-refractivity contribution in [2.75, 3.05) is 27.2 Å². The molecule has 1 rings (SSSR count). The smallest absolute Gasteiger partial charge is 0.0105 e. The van der Waals surface area contributed by atoms with Crippen LogP contribution in [-0.2, 0) is 0 Å². The van der Waals surface area contributed by atoms with Crippen molar-refractivity contribution in [2.45, 2.75) is 25.8 Å². The second-order valence-corrected chi connectivity index (χ2v) is 3.92. The van der Waals surface area contributed by atoms with Gasteiger partial charge in [0.05, 0.1) is 0 Å². The Balaban J connectivity index is 2.15. The van der Waals surface area contributed by atoms with Crippen molar-refractivity contribution in [3.8, 4) is 0 Å². The first-order valence-electron chi connectivity index (χ1n) is 4.58. The third kappa shape index (κ3) is 2.80. The van der Waals surface area contributed by atoms with E-state index in [1.165, 1.54) is 25.9 Å². The molecule has 1 aliphatic rings. The van der Waals surface area contributed by atoms with Gasteiger partial charge >= 0.3 is 0 Å². The van der Waals surface area contributed by atoms with E-state index in [9.17, 15) is 0 Å². The van der Waals surface area contributed by atoms with Crippen molar-refractivity contribution in [1.82, 2.24) is 10.2 Å². The molecule has 11 heavy (non-hydrogen) atoms. The van der Waals surface area contributed by atoms with Crippen LogP contribution in [0.5, 0.6) is 0 Å². The van der Waals surface area contributed by atoms with E-state index >= 15 is 0 Å². The summed E-state index contributed by atoms with van der Waals surface area (Å²) >= 11 is 0. The zero-order valence-electron chi connectivity index (χ0n) is 7.93. The Morgan fingerprint density at radius 3 is 2.64 bits per heavy atom. The fraction of sp³-hybridized carbons (Fsp3) is 1.00. The van der Waals surface area contributed by atoms with Gasteiger partial charge in [0.2, 0.25) is 0 Å². The molecule has 1 aliphatic heterocycles. The molecule has 2 nitrogen and oxygen atoms in total. The predicted octanol–water partition coefficient (Wildman–Crippen LogP) is 0.936. The standard InChI is InChI=1S/C9H20N2/c1-8-4-6-10-9(8)5-7-11(2)3/h8-10H,4-7H2,1-3H3/t8-,9+/m0/s1. The molecule has 1 heterocycles. The van der Waals surface area contributed by atoms with Crippen molar-refractivity contribution in [2.24, 2.45) is 5.92 Å². The predicted molar refractivity (Wildman–Crippen MR) is 48.7 cm³/mol. The summed E-state index contributed by atoms with van der Waals surface area (Å²) in [5.74, 6) is 0.884. The molecule has 0 unspecified atom stereocenters. The van der Waals surface area contributed by atoms with Gasteiger partial charge in [-0.05, 0) is 45.9 Å². The molecule has 1 saturated heterocycles. The maximum absolute atomic E-state index is 3.54. The largest absolute Gasteiger partial charge is 0.314 e. The average molecular weight is 156 g/mol. The zero-order chi connectivity index (χ0) is 8.27. The highest BCUT2D eigenvalue weighted by Gasteiger charge is 2.21. The Morgan fingerprint density at radius 1 is 1.45 bits per heavy atom. The molecule has 0 spiro atoms. The Hall–Kier alpha value is -0.0800. The normalized spacial score (nSPS) is 31.6. The lowest BCUT2D eigenvalue weighted by Gasteiger charge is -2.17. The van der Waals surface area contributed by atoms with E-state index in [1.54, 1.807) is 0 Å². The third-order valence-corrected chi connectivity index (χ3v) is 2.58. The number of rotatable bonds is 3. The molecule has 0 aromatic heterocycles. The topological polar surface area (TPSA) is 15.3 Å². The maximum atomic E-state index is 3.54. The minimum Gasteiger partial charge on any atom is -0.314 e. The molecule has 1 N–H and O–H groups in total. The molecule has 2 heteroatoms. The van der Waals surface area contributed by atoms with Crippen LogP contribution in [0.1, 0.15) is 19.8 Å². The van der Waals surface area contributed by atoms with Gasteiger partial charge in [-0.3, -0.25) is 0 Å². The van der Waals surface area contributed by atoms with Crippen LogP contribution in [0.15, 0.2) is 0 Å². The third-order valence-electron chi connectivity index (χ3n) is 2.58. The molecule has 0 bridgehead atoms. The fourth-order valence-electron chi connectivity index (χ4n) is 1.68. The first-order valence-corrected chi connectivity index (χ1v) is 4.58.